The number of Topliss-reactive ketones (excluding diaryl/α,β-unsaturated/α-hetero) is 1. The van der Waals surface area contributed by atoms with Crippen LogP contribution in [0, 0.1) is 11.8 Å². The molecule has 2 N–H and O–H groups in total. The molecule has 0 amide bonds. The van der Waals surface area contributed by atoms with Crippen LogP contribution in [-0.2, 0) is 18.3 Å². The zero-order valence-corrected chi connectivity index (χ0v) is 13.7. The Morgan fingerprint density at radius 1 is 1.38 bits per heavy atom. The normalized spacial score (nSPS) is 19.6. The molecule has 1 aliphatic rings. The van der Waals surface area contributed by atoms with Crippen LogP contribution in [-0.4, -0.2) is 25.5 Å². The van der Waals surface area contributed by atoms with E-state index in [2.05, 4.69) is 22.0 Å². The predicted molar refractivity (Wildman–Crippen MR) is 92.1 cm³/mol. The van der Waals surface area contributed by atoms with Crippen LogP contribution in [0.15, 0.2) is 30.7 Å². The molecule has 2 atom stereocenters. The first-order valence-corrected chi connectivity index (χ1v) is 8.08. The van der Waals surface area contributed by atoms with Crippen molar-refractivity contribution in [2.75, 3.05) is 5.73 Å². The lowest BCUT2D eigenvalue weighted by Gasteiger charge is -2.07. The van der Waals surface area contributed by atoms with E-state index in [4.69, 9.17) is 5.73 Å². The summed E-state index contributed by atoms with van der Waals surface area (Å²) in [5.41, 5.74) is 8.55. The molecule has 0 spiro atoms. The Kier molecular flexibility index (Phi) is 3.33. The summed E-state index contributed by atoms with van der Waals surface area (Å²) in [4.78, 5) is 21.0. The smallest absolute Gasteiger partial charge is 0.142 e. The van der Waals surface area contributed by atoms with Gasteiger partial charge < -0.3 is 5.73 Å². The van der Waals surface area contributed by atoms with Crippen molar-refractivity contribution in [2.24, 2.45) is 18.9 Å². The molecule has 1 saturated carbocycles. The lowest BCUT2D eigenvalue weighted by molar-refractivity contribution is -0.119. The Hall–Kier alpha value is -2.76. The molecule has 3 aromatic heterocycles. The van der Waals surface area contributed by atoms with E-state index < -0.39 is 0 Å². The molecule has 0 radical (unpaired) electrons. The first kappa shape index (κ1) is 14.8. The number of carbonyl (C=O) groups excluding carboxylic acids is 1. The van der Waals surface area contributed by atoms with Crippen LogP contribution in [0.5, 0.6) is 0 Å². The lowest BCUT2D eigenvalue weighted by Crippen LogP contribution is -2.07. The van der Waals surface area contributed by atoms with E-state index in [9.17, 15) is 4.79 Å². The molecule has 0 aromatic carbocycles. The Morgan fingerprint density at radius 3 is 2.83 bits per heavy atom. The largest absolute Gasteiger partial charge is 0.383 e. The number of hydrogen-bond donors (Lipinski definition) is 1. The van der Waals surface area contributed by atoms with E-state index in [-0.39, 0.29) is 11.7 Å². The number of aromatic nitrogens is 4. The van der Waals surface area contributed by atoms with Crippen LogP contribution >= 0.6 is 0 Å². The minimum absolute atomic E-state index is 0.218. The molecule has 2 unspecified atom stereocenters. The summed E-state index contributed by atoms with van der Waals surface area (Å²) in [6.07, 6.45) is 6.76. The van der Waals surface area contributed by atoms with Gasteiger partial charge in [-0.15, -0.1) is 0 Å². The quantitative estimate of drug-likeness (QED) is 0.797. The first-order valence-electron chi connectivity index (χ1n) is 8.08. The summed E-state index contributed by atoms with van der Waals surface area (Å²) in [6, 6.07) is 3.91. The minimum atomic E-state index is 0.218. The molecule has 6 nitrogen and oxygen atoms in total. The third kappa shape index (κ3) is 2.64. The van der Waals surface area contributed by atoms with Gasteiger partial charge >= 0.3 is 0 Å². The topological polar surface area (TPSA) is 86.7 Å². The van der Waals surface area contributed by atoms with Gasteiger partial charge in [-0.2, -0.15) is 5.10 Å². The van der Waals surface area contributed by atoms with Crippen molar-refractivity contribution in [1.29, 1.82) is 0 Å². The zero-order valence-electron chi connectivity index (χ0n) is 13.7. The van der Waals surface area contributed by atoms with Crippen molar-refractivity contribution in [1.82, 2.24) is 19.7 Å². The number of anilines is 1. The molecule has 1 fully saturated rings. The number of pyridine rings is 2. The van der Waals surface area contributed by atoms with E-state index in [1.807, 2.05) is 25.4 Å². The van der Waals surface area contributed by atoms with Gasteiger partial charge in [0.05, 0.1) is 11.9 Å². The summed E-state index contributed by atoms with van der Waals surface area (Å²) in [6.45, 7) is 2.11. The van der Waals surface area contributed by atoms with Crippen LogP contribution in [0.4, 0.5) is 5.82 Å². The van der Waals surface area contributed by atoms with Crippen LogP contribution in [0.2, 0.25) is 0 Å². The zero-order chi connectivity index (χ0) is 16.8. The number of carbonyl (C=O) groups is 1. The summed E-state index contributed by atoms with van der Waals surface area (Å²) in [7, 11) is 1.86. The molecule has 3 aromatic rings. The van der Waals surface area contributed by atoms with Crippen molar-refractivity contribution in [3.63, 3.8) is 0 Å². The molecule has 1 aliphatic carbocycles. The summed E-state index contributed by atoms with van der Waals surface area (Å²) >= 11 is 0. The van der Waals surface area contributed by atoms with Crippen molar-refractivity contribution < 1.29 is 4.79 Å². The van der Waals surface area contributed by atoms with Crippen molar-refractivity contribution in [3.8, 4) is 11.3 Å². The van der Waals surface area contributed by atoms with Gasteiger partial charge in [-0.05, 0) is 29.9 Å². The molecule has 4 rings (SSSR count). The third-order valence-electron chi connectivity index (χ3n) is 4.68. The van der Waals surface area contributed by atoms with Crippen LogP contribution in [0.3, 0.4) is 0 Å². The standard InChI is InChI=1S/C18H19N5O/c1-10-3-14(10)17(24)6-13-4-11-5-16(12-7-21-23(2)9-12)22-18(19)15(11)8-20-13/h4-5,7-10,14H,3,6H2,1-2H3,(H2,19,22). The van der Waals surface area contributed by atoms with Gasteiger partial charge in [0.1, 0.15) is 11.6 Å². The average Bonchev–Trinajstić information content (AvgIpc) is 3.12. The van der Waals surface area contributed by atoms with E-state index in [0.29, 0.717) is 18.2 Å². The van der Waals surface area contributed by atoms with E-state index in [0.717, 1.165) is 34.1 Å². The maximum atomic E-state index is 12.2. The fourth-order valence-electron chi connectivity index (χ4n) is 3.10. The first-order chi connectivity index (χ1) is 11.5. The highest BCUT2D eigenvalue weighted by Crippen LogP contribution is 2.39. The maximum Gasteiger partial charge on any atom is 0.142 e. The van der Waals surface area contributed by atoms with E-state index >= 15 is 0 Å². The van der Waals surface area contributed by atoms with Crippen LogP contribution < -0.4 is 5.73 Å². The molecule has 0 bridgehead atoms. The van der Waals surface area contributed by atoms with Gasteiger partial charge in [-0.25, -0.2) is 4.98 Å². The summed E-state index contributed by atoms with van der Waals surface area (Å²) in [5, 5.41) is 5.92. The Balaban J connectivity index is 1.70. The minimum Gasteiger partial charge on any atom is -0.383 e. The molecule has 0 aliphatic heterocycles. The van der Waals surface area contributed by atoms with Gasteiger partial charge in [-0.1, -0.05) is 6.92 Å². The molecule has 6 heteroatoms. The Labute approximate surface area is 139 Å². The van der Waals surface area contributed by atoms with Crippen LogP contribution in [0.25, 0.3) is 22.0 Å². The van der Waals surface area contributed by atoms with Gasteiger partial charge in [0.15, 0.2) is 0 Å². The van der Waals surface area contributed by atoms with E-state index in [1.165, 1.54) is 0 Å². The van der Waals surface area contributed by atoms with Crippen molar-refractivity contribution in [3.05, 3.63) is 36.4 Å². The molecular weight excluding hydrogens is 302 g/mol. The number of hydrogen-bond acceptors (Lipinski definition) is 5. The number of aryl methyl sites for hydroxylation is 1. The second-order valence-corrected chi connectivity index (χ2v) is 6.65. The number of nitrogens with two attached hydrogens (primary N) is 1. The third-order valence-corrected chi connectivity index (χ3v) is 4.68. The highest BCUT2D eigenvalue weighted by molar-refractivity contribution is 5.94. The number of ketones is 1. The van der Waals surface area contributed by atoms with E-state index in [1.54, 1.807) is 17.1 Å². The second-order valence-electron chi connectivity index (χ2n) is 6.65. The molecular formula is C18H19N5O. The van der Waals surface area contributed by atoms with Gasteiger partial charge in [-0.3, -0.25) is 14.5 Å². The van der Waals surface area contributed by atoms with Gasteiger partial charge in [0, 0.05) is 48.4 Å². The molecule has 0 saturated heterocycles. The van der Waals surface area contributed by atoms with Gasteiger partial charge in [0.25, 0.3) is 0 Å². The fourth-order valence-corrected chi connectivity index (χ4v) is 3.10. The number of fused-ring (bicyclic) bond motifs is 1. The number of nitrogens with zero attached hydrogens (tertiary/aromatic N) is 4. The maximum absolute atomic E-state index is 12.2. The molecule has 3 heterocycles. The van der Waals surface area contributed by atoms with Crippen molar-refractivity contribution in [2.45, 2.75) is 19.8 Å². The molecule has 122 valence electrons. The van der Waals surface area contributed by atoms with Crippen molar-refractivity contribution >= 4 is 22.4 Å². The monoisotopic (exact) mass is 321 g/mol. The lowest BCUT2D eigenvalue weighted by atomic mass is 10.1. The Morgan fingerprint density at radius 2 is 2.17 bits per heavy atom. The second kappa shape index (κ2) is 5.40. The number of rotatable bonds is 4. The average molecular weight is 321 g/mol. The summed E-state index contributed by atoms with van der Waals surface area (Å²) < 4.78 is 1.73. The fraction of sp³-hybridized carbons (Fsp3) is 0.333. The highest BCUT2D eigenvalue weighted by atomic mass is 16.1. The van der Waals surface area contributed by atoms with Gasteiger partial charge in [0.2, 0.25) is 0 Å². The SMILES string of the molecule is CC1CC1C(=O)Cc1cc2cc(-c3cnn(C)c3)nc(N)c2cn1. The Bertz CT molecular complexity index is 946. The molecule has 24 heavy (non-hydrogen) atoms. The predicted octanol–water partition coefficient (Wildman–Crippen LogP) is 2.38. The van der Waals surface area contributed by atoms with Crippen LogP contribution in [0.1, 0.15) is 19.0 Å². The highest BCUT2D eigenvalue weighted by Gasteiger charge is 2.38. The number of nitrogen functional groups attached to an aromatic ring is 1. The summed E-state index contributed by atoms with van der Waals surface area (Å²) in [5.74, 6) is 1.46.